The van der Waals surface area contributed by atoms with Crippen molar-refractivity contribution in [1.82, 2.24) is 14.5 Å². The van der Waals surface area contributed by atoms with E-state index in [-0.39, 0.29) is 30.2 Å². The van der Waals surface area contributed by atoms with Crippen LogP contribution in [0.4, 0.5) is 0 Å². The average molecular weight is 384 g/mol. The summed E-state index contributed by atoms with van der Waals surface area (Å²) in [5, 5.41) is 2.93. The van der Waals surface area contributed by atoms with Gasteiger partial charge in [-0.05, 0) is 19.5 Å². The predicted molar refractivity (Wildman–Crippen MR) is 101 cm³/mol. The molecule has 1 aliphatic rings. The predicted octanol–water partition coefficient (Wildman–Crippen LogP) is 0.449. The van der Waals surface area contributed by atoms with Crippen LogP contribution in [0.15, 0.2) is 24.3 Å². The minimum atomic E-state index is -3.33. The van der Waals surface area contributed by atoms with E-state index >= 15 is 0 Å². The largest absolute Gasteiger partial charge is 0.379 e. The Balaban J connectivity index is 1.85. The normalized spacial score (nSPS) is 20.7. The maximum Gasteiger partial charge on any atom is 0.234 e. The van der Waals surface area contributed by atoms with Crippen molar-refractivity contribution < 1.29 is 17.9 Å². The monoisotopic (exact) mass is 383 g/mol. The highest BCUT2D eigenvalue weighted by molar-refractivity contribution is 7.89. The highest BCUT2D eigenvalue weighted by Crippen LogP contribution is 2.17. The van der Waals surface area contributed by atoms with Gasteiger partial charge in [0.15, 0.2) is 0 Å². The molecular formula is C18H29N3O4S. The van der Waals surface area contributed by atoms with E-state index in [1.165, 1.54) is 24.0 Å². The lowest BCUT2D eigenvalue weighted by molar-refractivity contribution is -0.123. The molecule has 0 unspecified atom stereocenters. The molecule has 26 heavy (non-hydrogen) atoms. The Bertz CT molecular complexity index is 704. The smallest absolute Gasteiger partial charge is 0.234 e. The second-order valence-corrected chi connectivity index (χ2v) is 9.42. The highest BCUT2D eigenvalue weighted by atomic mass is 32.2. The van der Waals surface area contributed by atoms with Crippen molar-refractivity contribution in [3.05, 3.63) is 35.4 Å². The summed E-state index contributed by atoms with van der Waals surface area (Å²) in [6, 6.07) is 7.93. The molecule has 1 aromatic rings. The molecule has 1 aliphatic heterocycles. The number of nitrogens with one attached hydrogen (secondary N) is 1. The number of ether oxygens (including phenoxy) is 1. The first-order chi connectivity index (χ1) is 12.2. The molecule has 146 valence electrons. The molecule has 0 aromatic heterocycles. The SMILES string of the molecule is Cc1ccc(CN(C)CC(=O)N[C@@H]2COC[C@H]2CS(=O)(=O)N(C)C)cc1. The number of benzene rings is 1. The molecule has 1 N–H and O–H groups in total. The molecule has 0 spiro atoms. The van der Waals surface area contributed by atoms with Gasteiger partial charge in [-0.2, -0.15) is 0 Å². The van der Waals surface area contributed by atoms with Gasteiger partial charge in [0.05, 0.1) is 31.6 Å². The number of likely N-dealkylation sites (N-methyl/N-ethyl adjacent to an activating group) is 1. The van der Waals surface area contributed by atoms with Gasteiger partial charge in [0.25, 0.3) is 0 Å². The van der Waals surface area contributed by atoms with Gasteiger partial charge in [-0.1, -0.05) is 29.8 Å². The lowest BCUT2D eigenvalue weighted by atomic mass is 10.1. The quantitative estimate of drug-likeness (QED) is 0.705. The number of carbonyl (C=O) groups is 1. The maximum atomic E-state index is 12.3. The summed E-state index contributed by atoms with van der Waals surface area (Å²) in [6.07, 6.45) is 0. The zero-order valence-corrected chi connectivity index (χ0v) is 16.8. The molecule has 0 radical (unpaired) electrons. The van der Waals surface area contributed by atoms with Crippen molar-refractivity contribution in [3.63, 3.8) is 0 Å². The standard InChI is InChI=1S/C18H29N3O4S/c1-14-5-7-15(8-6-14)9-21(4)10-18(22)19-17-12-25-11-16(17)13-26(23,24)20(2)3/h5-8,16-17H,9-13H2,1-4H3,(H,19,22)/t16-,17+/m0/s1. The first kappa shape index (κ1) is 20.8. The van der Waals surface area contributed by atoms with Crippen LogP contribution in [0.5, 0.6) is 0 Å². The Kier molecular flexibility index (Phi) is 7.16. The topological polar surface area (TPSA) is 79.0 Å². The third-order valence-electron chi connectivity index (χ3n) is 4.51. The van der Waals surface area contributed by atoms with Gasteiger partial charge in [-0.25, -0.2) is 12.7 Å². The molecule has 2 rings (SSSR count). The molecular weight excluding hydrogens is 354 g/mol. The zero-order chi connectivity index (χ0) is 19.3. The van der Waals surface area contributed by atoms with Gasteiger partial charge in [0.1, 0.15) is 0 Å². The van der Waals surface area contributed by atoms with E-state index in [1.807, 2.05) is 18.9 Å². The fourth-order valence-electron chi connectivity index (χ4n) is 2.90. The second-order valence-electron chi connectivity index (χ2n) is 7.19. The minimum Gasteiger partial charge on any atom is -0.379 e. The van der Waals surface area contributed by atoms with Crippen molar-refractivity contribution in [2.24, 2.45) is 5.92 Å². The van der Waals surface area contributed by atoms with Gasteiger partial charge < -0.3 is 10.1 Å². The molecule has 7 nitrogen and oxygen atoms in total. The van der Waals surface area contributed by atoms with E-state index in [4.69, 9.17) is 4.74 Å². The van der Waals surface area contributed by atoms with Crippen LogP contribution in [0.25, 0.3) is 0 Å². The summed E-state index contributed by atoms with van der Waals surface area (Å²) in [5.74, 6) is -0.374. The molecule has 0 saturated carbocycles. The summed E-state index contributed by atoms with van der Waals surface area (Å²) >= 11 is 0. The first-order valence-corrected chi connectivity index (χ1v) is 10.3. The Labute approximate surface area is 156 Å². The summed E-state index contributed by atoms with van der Waals surface area (Å²) in [7, 11) is 1.59. The number of sulfonamides is 1. The number of aryl methyl sites for hydroxylation is 1. The zero-order valence-electron chi connectivity index (χ0n) is 15.9. The Hall–Kier alpha value is -1.48. The molecule has 0 bridgehead atoms. The van der Waals surface area contributed by atoms with Gasteiger partial charge in [0, 0.05) is 26.6 Å². The molecule has 1 aromatic carbocycles. The molecule has 1 saturated heterocycles. The summed E-state index contributed by atoms with van der Waals surface area (Å²) in [6.45, 7) is 3.65. The highest BCUT2D eigenvalue weighted by Gasteiger charge is 2.34. The van der Waals surface area contributed by atoms with Crippen LogP contribution in [0.3, 0.4) is 0 Å². The van der Waals surface area contributed by atoms with Crippen molar-refractivity contribution in [3.8, 4) is 0 Å². The number of carbonyl (C=O) groups excluding carboxylic acids is 1. The first-order valence-electron chi connectivity index (χ1n) is 8.69. The Morgan fingerprint density at radius 3 is 2.46 bits per heavy atom. The third-order valence-corrected chi connectivity index (χ3v) is 6.47. The maximum absolute atomic E-state index is 12.3. The molecule has 0 aliphatic carbocycles. The molecule has 1 fully saturated rings. The van der Waals surface area contributed by atoms with Crippen LogP contribution in [-0.2, 0) is 26.1 Å². The van der Waals surface area contributed by atoms with E-state index in [2.05, 4.69) is 29.6 Å². The fourth-order valence-corrected chi connectivity index (χ4v) is 4.07. The van der Waals surface area contributed by atoms with Gasteiger partial charge >= 0.3 is 0 Å². The van der Waals surface area contributed by atoms with Crippen molar-refractivity contribution in [2.45, 2.75) is 19.5 Å². The third kappa shape index (κ3) is 6.05. The Morgan fingerprint density at radius 2 is 1.85 bits per heavy atom. The number of nitrogens with zero attached hydrogens (tertiary/aromatic N) is 2. The molecule has 2 atom stereocenters. The lowest BCUT2D eigenvalue weighted by Crippen LogP contribution is -2.46. The van der Waals surface area contributed by atoms with Gasteiger partial charge in [0.2, 0.25) is 15.9 Å². The fraction of sp³-hybridized carbons (Fsp3) is 0.611. The van der Waals surface area contributed by atoms with Crippen molar-refractivity contribution >= 4 is 15.9 Å². The molecule has 1 amide bonds. The lowest BCUT2D eigenvalue weighted by Gasteiger charge is -2.22. The van der Waals surface area contributed by atoms with Crippen molar-refractivity contribution in [2.75, 3.05) is 46.7 Å². The van der Waals surface area contributed by atoms with E-state index in [0.29, 0.717) is 19.8 Å². The van der Waals surface area contributed by atoms with E-state index in [0.717, 1.165) is 5.56 Å². The van der Waals surface area contributed by atoms with Crippen molar-refractivity contribution in [1.29, 1.82) is 0 Å². The molecule has 1 heterocycles. The van der Waals surface area contributed by atoms with Crippen LogP contribution >= 0.6 is 0 Å². The van der Waals surface area contributed by atoms with Crippen LogP contribution in [0, 0.1) is 12.8 Å². The number of amides is 1. The van der Waals surface area contributed by atoms with Crippen LogP contribution in [0.1, 0.15) is 11.1 Å². The van der Waals surface area contributed by atoms with E-state index in [9.17, 15) is 13.2 Å². The van der Waals surface area contributed by atoms with Crippen LogP contribution in [-0.4, -0.2) is 76.2 Å². The van der Waals surface area contributed by atoms with Crippen LogP contribution in [0.2, 0.25) is 0 Å². The average Bonchev–Trinajstić information content (AvgIpc) is 2.95. The second kappa shape index (κ2) is 8.94. The van der Waals surface area contributed by atoms with E-state index < -0.39 is 10.0 Å². The molecule has 8 heteroatoms. The number of hydrogen-bond acceptors (Lipinski definition) is 5. The van der Waals surface area contributed by atoms with Gasteiger partial charge in [-0.15, -0.1) is 0 Å². The summed E-state index contributed by atoms with van der Waals surface area (Å²) < 4.78 is 30.7. The summed E-state index contributed by atoms with van der Waals surface area (Å²) in [5.41, 5.74) is 2.35. The number of hydrogen-bond donors (Lipinski definition) is 1. The Morgan fingerprint density at radius 1 is 1.19 bits per heavy atom. The van der Waals surface area contributed by atoms with E-state index in [1.54, 1.807) is 0 Å². The number of rotatable bonds is 8. The summed E-state index contributed by atoms with van der Waals surface area (Å²) in [4.78, 5) is 14.3. The minimum absolute atomic E-state index is 0.0237. The van der Waals surface area contributed by atoms with Gasteiger partial charge in [-0.3, -0.25) is 9.69 Å². The van der Waals surface area contributed by atoms with Crippen LogP contribution < -0.4 is 5.32 Å².